The molecule has 7 nitrogen and oxygen atoms in total. The molecule has 2 aromatic heterocycles. The molecule has 1 saturated carbocycles. The fourth-order valence-electron chi connectivity index (χ4n) is 7.39. The van der Waals surface area contributed by atoms with Crippen LogP contribution in [-0.4, -0.2) is 70.7 Å². The number of nitrogens with zero attached hydrogens (tertiary/aromatic N) is 6. The van der Waals surface area contributed by atoms with Crippen LogP contribution in [0.25, 0.3) is 10.9 Å². The summed E-state index contributed by atoms with van der Waals surface area (Å²) in [5.41, 5.74) is 4.08. The maximum absolute atomic E-state index is 13.5. The van der Waals surface area contributed by atoms with Gasteiger partial charge in [0.1, 0.15) is 11.5 Å². The Kier molecular flexibility index (Phi) is 9.97. The minimum atomic E-state index is -0.905. The predicted molar refractivity (Wildman–Crippen MR) is 175 cm³/mol. The van der Waals surface area contributed by atoms with Crippen LogP contribution in [0.1, 0.15) is 78.7 Å². The normalized spacial score (nSPS) is 22.5. The number of fused-ring (bicyclic) bond motifs is 1. The predicted octanol–water partition coefficient (Wildman–Crippen LogP) is 7.16. The van der Waals surface area contributed by atoms with Crippen molar-refractivity contribution >= 4 is 28.2 Å². The highest BCUT2D eigenvalue weighted by Crippen LogP contribution is 2.56. The first kappa shape index (κ1) is 32.6. The highest BCUT2D eigenvalue weighted by atomic mass is 19.1. The smallest absolute Gasteiger partial charge is 0.219 e. The summed E-state index contributed by atoms with van der Waals surface area (Å²) in [4.78, 5) is 31.6. The van der Waals surface area contributed by atoms with Gasteiger partial charge in [-0.15, -0.1) is 0 Å². The number of para-hydroxylation sites is 1. The minimum absolute atomic E-state index is 0.203. The molecule has 8 heteroatoms. The molecule has 4 aliphatic rings. The number of anilines is 2. The summed E-state index contributed by atoms with van der Waals surface area (Å²) in [5.74, 6) is 1.01. The van der Waals surface area contributed by atoms with E-state index >= 15 is 0 Å². The van der Waals surface area contributed by atoms with Crippen molar-refractivity contribution in [3.63, 3.8) is 0 Å². The standard InChI is InChI=1S/C18H22N4O.C13H17FN2.2C2H6/c1-13-19-10-15-4-3-5-16(17(15)20-13)22-9-7-18(12-22)6-8-21(11-18)14(2)23;1-10-3-4-11(5-15-10)16-8-13(9-16)6-12(2,14)7-13;2*1-2/h3-5,10H,6-9,11-12H2,1-2H3;3-5H,6-9H2,1-2H3;2*1-2H3. The number of likely N-dealkylation sites (tertiary alicyclic amines) is 1. The average Bonchev–Trinajstić information content (AvgIpc) is 3.59. The van der Waals surface area contributed by atoms with E-state index < -0.39 is 5.67 Å². The topological polar surface area (TPSA) is 65.5 Å². The maximum Gasteiger partial charge on any atom is 0.219 e. The van der Waals surface area contributed by atoms with Crippen LogP contribution in [0.2, 0.25) is 0 Å². The van der Waals surface area contributed by atoms with E-state index in [0.717, 1.165) is 87.4 Å². The molecular formula is C35H51FN6O. The van der Waals surface area contributed by atoms with Gasteiger partial charge in [0.05, 0.1) is 23.1 Å². The van der Waals surface area contributed by atoms with E-state index in [2.05, 4.69) is 49.0 Å². The van der Waals surface area contributed by atoms with Crippen LogP contribution in [0.4, 0.5) is 15.8 Å². The molecule has 4 fully saturated rings. The molecule has 3 saturated heterocycles. The highest BCUT2D eigenvalue weighted by molar-refractivity contribution is 5.90. The first-order valence-electron chi connectivity index (χ1n) is 16.1. The third-order valence-corrected chi connectivity index (χ3v) is 9.17. The van der Waals surface area contributed by atoms with Gasteiger partial charge in [0.2, 0.25) is 5.91 Å². The SMILES string of the molecule is CC.CC.CC(=O)N1CCC2(CCN(c3cccc4cnc(C)nc34)C2)C1.Cc1ccc(N2CC3(C2)CC(C)(F)C3)cn1. The number of aromatic nitrogens is 3. The zero-order valence-corrected chi connectivity index (χ0v) is 27.6. The molecule has 1 aromatic carbocycles. The summed E-state index contributed by atoms with van der Waals surface area (Å²) in [5, 5.41) is 1.09. The van der Waals surface area contributed by atoms with E-state index in [1.807, 2.05) is 64.9 Å². The van der Waals surface area contributed by atoms with Crippen LogP contribution >= 0.6 is 0 Å². The number of rotatable bonds is 2. The number of hydrogen-bond donors (Lipinski definition) is 0. The number of amides is 1. The van der Waals surface area contributed by atoms with Gasteiger partial charge < -0.3 is 14.7 Å². The summed E-state index contributed by atoms with van der Waals surface area (Å²) >= 11 is 0. The van der Waals surface area contributed by atoms with Crippen molar-refractivity contribution in [1.82, 2.24) is 19.9 Å². The summed E-state index contributed by atoms with van der Waals surface area (Å²) in [6, 6.07) is 10.4. The van der Waals surface area contributed by atoms with Gasteiger partial charge in [-0.1, -0.05) is 39.8 Å². The molecule has 1 amide bonds. The molecule has 0 N–H and O–H groups in total. The molecule has 1 aliphatic carbocycles. The molecule has 234 valence electrons. The first-order valence-corrected chi connectivity index (χ1v) is 16.1. The van der Waals surface area contributed by atoms with Crippen LogP contribution in [0.3, 0.4) is 0 Å². The van der Waals surface area contributed by atoms with Gasteiger partial charge in [-0.05, 0) is 64.7 Å². The summed E-state index contributed by atoms with van der Waals surface area (Å²) in [6.07, 6.45) is 7.54. The van der Waals surface area contributed by atoms with Gasteiger partial charge in [0, 0.05) is 74.3 Å². The second-order valence-electron chi connectivity index (χ2n) is 12.8. The number of hydrogen-bond acceptors (Lipinski definition) is 6. The van der Waals surface area contributed by atoms with E-state index in [4.69, 9.17) is 0 Å². The molecule has 43 heavy (non-hydrogen) atoms. The molecule has 3 aliphatic heterocycles. The van der Waals surface area contributed by atoms with E-state index in [-0.39, 0.29) is 16.7 Å². The Balaban J connectivity index is 0.000000185. The summed E-state index contributed by atoms with van der Waals surface area (Å²) < 4.78 is 13.5. The van der Waals surface area contributed by atoms with Crippen molar-refractivity contribution in [3.05, 3.63) is 54.2 Å². The molecule has 7 rings (SSSR count). The Morgan fingerprint density at radius 2 is 1.51 bits per heavy atom. The molecule has 1 atom stereocenters. The average molecular weight is 591 g/mol. The third-order valence-electron chi connectivity index (χ3n) is 9.17. The molecular weight excluding hydrogens is 539 g/mol. The first-order chi connectivity index (χ1) is 20.5. The Labute approximate surface area is 257 Å². The van der Waals surface area contributed by atoms with Gasteiger partial charge >= 0.3 is 0 Å². The quantitative estimate of drug-likeness (QED) is 0.316. The number of alkyl halides is 1. The second-order valence-corrected chi connectivity index (χ2v) is 12.8. The van der Waals surface area contributed by atoms with Crippen LogP contribution in [-0.2, 0) is 4.79 Å². The third kappa shape index (κ3) is 7.10. The number of halogens is 1. The molecule has 0 bridgehead atoms. The van der Waals surface area contributed by atoms with Crippen molar-refractivity contribution < 1.29 is 9.18 Å². The fourth-order valence-corrected chi connectivity index (χ4v) is 7.39. The van der Waals surface area contributed by atoms with Crippen LogP contribution in [0, 0.1) is 24.7 Å². The molecule has 2 spiro atoms. The van der Waals surface area contributed by atoms with Crippen molar-refractivity contribution in [3.8, 4) is 0 Å². The van der Waals surface area contributed by atoms with Gasteiger partial charge in [0.15, 0.2) is 0 Å². The fraction of sp³-hybridized carbons (Fsp3) is 0.600. The van der Waals surface area contributed by atoms with Crippen LogP contribution in [0.15, 0.2) is 42.7 Å². The number of pyridine rings is 1. The Hall–Kier alpha value is -3.29. The summed E-state index contributed by atoms with van der Waals surface area (Å²) in [7, 11) is 0. The van der Waals surface area contributed by atoms with Gasteiger partial charge in [-0.25, -0.2) is 14.4 Å². The lowest BCUT2D eigenvalue weighted by Gasteiger charge is -2.61. The van der Waals surface area contributed by atoms with E-state index in [0.29, 0.717) is 0 Å². The Morgan fingerprint density at radius 1 is 0.837 bits per heavy atom. The van der Waals surface area contributed by atoms with Crippen LogP contribution < -0.4 is 9.80 Å². The molecule has 5 heterocycles. The molecule has 3 aromatic rings. The van der Waals surface area contributed by atoms with Crippen molar-refractivity contribution in [2.45, 2.75) is 86.7 Å². The lowest BCUT2D eigenvalue weighted by Crippen LogP contribution is -2.66. The Morgan fingerprint density at radius 3 is 2.12 bits per heavy atom. The zero-order valence-electron chi connectivity index (χ0n) is 27.6. The molecule has 1 unspecified atom stereocenters. The van der Waals surface area contributed by atoms with Gasteiger partial charge in [-0.3, -0.25) is 9.78 Å². The van der Waals surface area contributed by atoms with Crippen molar-refractivity contribution in [2.24, 2.45) is 10.8 Å². The minimum Gasteiger partial charge on any atom is -0.369 e. The lowest BCUT2D eigenvalue weighted by molar-refractivity contribution is -0.128. The maximum atomic E-state index is 13.5. The summed E-state index contributed by atoms with van der Waals surface area (Å²) in [6.45, 7) is 21.2. The second kappa shape index (κ2) is 13.1. The van der Waals surface area contributed by atoms with Crippen molar-refractivity contribution in [1.29, 1.82) is 0 Å². The van der Waals surface area contributed by atoms with E-state index in [9.17, 15) is 9.18 Å². The lowest BCUT2D eigenvalue weighted by atomic mass is 9.56. The number of carbonyl (C=O) groups excluding carboxylic acids is 1. The number of carbonyl (C=O) groups is 1. The van der Waals surface area contributed by atoms with E-state index in [1.165, 1.54) is 11.4 Å². The van der Waals surface area contributed by atoms with Crippen LogP contribution in [0.5, 0.6) is 0 Å². The largest absolute Gasteiger partial charge is 0.369 e. The van der Waals surface area contributed by atoms with Gasteiger partial charge in [-0.2, -0.15) is 0 Å². The van der Waals surface area contributed by atoms with E-state index in [1.54, 1.807) is 13.8 Å². The number of benzene rings is 1. The van der Waals surface area contributed by atoms with Crippen molar-refractivity contribution in [2.75, 3.05) is 49.1 Å². The zero-order chi connectivity index (χ0) is 31.4. The molecule has 0 radical (unpaired) electrons. The number of aryl methyl sites for hydroxylation is 2. The highest BCUT2D eigenvalue weighted by Gasteiger charge is 2.58. The monoisotopic (exact) mass is 590 g/mol. The van der Waals surface area contributed by atoms with Gasteiger partial charge in [0.25, 0.3) is 0 Å². The Bertz CT molecular complexity index is 1380.